The molecule has 2 saturated heterocycles. The molecule has 1 aromatic heterocycles. The van der Waals surface area contributed by atoms with Gasteiger partial charge < -0.3 is 19.3 Å². The number of esters is 1. The number of terminal acetylenes is 1. The van der Waals surface area contributed by atoms with Crippen LogP contribution in [0.4, 0.5) is 4.79 Å². The van der Waals surface area contributed by atoms with Crippen LogP contribution in [-0.4, -0.2) is 96.7 Å². The standard InChI is InChI=1S/C21H28N4O5S/c1-3-13-30-21(28)25-7-5-16(6-8-25)19-22-17(15-31-19)20(27)24-11-9-23(10-12-24)14-18(26)29-4-2/h1,15-16H,4-14H2,2H3. The van der Waals surface area contributed by atoms with Gasteiger partial charge in [0.05, 0.1) is 18.2 Å². The molecule has 0 aromatic carbocycles. The first-order chi connectivity index (χ1) is 15.0. The smallest absolute Gasteiger partial charge is 0.410 e. The number of hydrogen-bond donors (Lipinski definition) is 0. The highest BCUT2D eigenvalue weighted by molar-refractivity contribution is 7.09. The molecule has 2 aliphatic rings. The summed E-state index contributed by atoms with van der Waals surface area (Å²) < 4.78 is 9.95. The third-order valence-electron chi connectivity index (χ3n) is 5.44. The Morgan fingerprint density at radius 2 is 1.84 bits per heavy atom. The zero-order valence-electron chi connectivity index (χ0n) is 17.7. The largest absolute Gasteiger partial charge is 0.465 e. The molecule has 0 N–H and O–H groups in total. The Labute approximate surface area is 186 Å². The summed E-state index contributed by atoms with van der Waals surface area (Å²) in [5.41, 5.74) is 0.467. The van der Waals surface area contributed by atoms with E-state index in [0.29, 0.717) is 51.6 Å². The minimum Gasteiger partial charge on any atom is -0.465 e. The van der Waals surface area contributed by atoms with Gasteiger partial charge in [-0.2, -0.15) is 0 Å². The van der Waals surface area contributed by atoms with Crippen LogP contribution in [0.5, 0.6) is 0 Å². The number of nitrogens with zero attached hydrogens (tertiary/aromatic N) is 4. The van der Waals surface area contributed by atoms with E-state index in [1.165, 1.54) is 11.3 Å². The van der Waals surface area contributed by atoms with Gasteiger partial charge in [-0.05, 0) is 19.8 Å². The molecule has 0 unspecified atom stereocenters. The van der Waals surface area contributed by atoms with Gasteiger partial charge in [0, 0.05) is 50.6 Å². The van der Waals surface area contributed by atoms with E-state index >= 15 is 0 Å². The van der Waals surface area contributed by atoms with E-state index in [4.69, 9.17) is 15.9 Å². The highest BCUT2D eigenvalue weighted by atomic mass is 32.1. The van der Waals surface area contributed by atoms with Crippen molar-refractivity contribution in [2.45, 2.75) is 25.7 Å². The van der Waals surface area contributed by atoms with Crippen molar-refractivity contribution in [1.29, 1.82) is 0 Å². The predicted octanol–water partition coefficient (Wildman–Crippen LogP) is 1.41. The Balaban J connectivity index is 1.47. The first-order valence-corrected chi connectivity index (χ1v) is 11.4. The molecule has 3 rings (SSSR count). The maximum absolute atomic E-state index is 12.8. The number of carbonyl (C=O) groups is 3. The van der Waals surface area contributed by atoms with Crippen LogP contribution in [0, 0.1) is 12.3 Å². The summed E-state index contributed by atoms with van der Waals surface area (Å²) in [7, 11) is 0. The van der Waals surface area contributed by atoms with Crippen molar-refractivity contribution in [3.05, 3.63) is 16.1 Å². The summed E-state index contributed by atoms with van der Waals surface area (Å²) in [4.78, 5) is 46.4. The highest BCUT2D eigenvalue weighted by Gasteiger charge is 2.29. The van der Waals surface area contributed by atoms with Crippen LogP contribution in [0.25, 0.3) is 0 Å². The van der Waals surface area contributed by atoms with Gasteiger partial charge in [0.1, 0.15) is 5.69 Å². The van der Waals surface area contributed by atoms with Crippen molar-refractivity contribution in [1.82, 2.24) is 19.7 Å². The molecule has 2 amide bonds. The fraction of sp³-hybridized carbons (Fsp3) is 0.619. The highest BCUT2D eigenvalue weighted by Crippen LogP contribution is 2.30. The molecule has 0 aliphatic carbocycles. The molecule has 9 nitrogen and oxygen atoms in total. The number of rotatable bonds is 6. The number of ether oxygens (including phenoxy) is 2. The molecule has 0 atom stereocenters. The zero-order chi connectivity index (χ0) is 22.2. The first kappa shape index (κ1) is 23.0. The number of piperazine rings is 1. The SMILES string of the molecule is C#CCOC(=O)N1CCC(c2nc(C(=O)N3CCN(CC(=O)OCC)CC3)cs2)CC1. The van der Waals surface area contributed by atoms with Crippen LogP contribution in [0.1, 0.15) is 41.2 Å². The minimum atomic E-state index is -0.381. The van der Waals surface area contributed by atoms with E-state index in [9.17, 15) is 14.4 Å². The van der Waals surface area contributed by atoms with Crippen molar-refractivity contribution < 1.29 is 23.9 Å². The molecule has 168 valence electrons. The predicted molar refractivity (Wildman–Crippen MR) is 115 cm³/mol. The Bertz CT molecular complexity index is 820. The lowest BCUT2D eigenvalue weighted by atomic mass is 9.98. The monoisotopic (exact) mass is 448 g/mol. The van der Waals surface area contributed by atoms with Gasteiger partial charge in [0.15, 0.2) is 6.61 Å². The van der Waals surface area contributed by atoms with Crippen molar-refractivity contribution in [2.24, 2.45) is 0 Å². The van der Waals surface area contributed by atoms with E-state index in [0.717, 1.165) is 17.8 Å². The van der Waals surface area contributed by atoms with Crippen LogP contribution < -0.4 is 0 Å². The van der Waals surface area contributed by atoms with E-state index in [2.05, 4.69) is 10.9 Å². The van der Waals surface area contributed by atoms with E-state index in [1.807, 2.05) is 10.3 Å². The van der Waals surface area contributed by atoms with Gasteiger partial charge in [0.25, 0.3) is 5.91 Å². The molecule has 3 heterocycles. The van der Waals surface area contributed by atoms with Crippen LogP contribution in [0.3, 0.4) is 0 Å². The normalized spacial score (nSPS) is 17.8. The lowest BCUT2D eigenvalue weighted by Crippen LogP contribution is -2.50. The number of aromatic nitrogens is 1. The summed E-state index contributed by atoms with van der Waals surface area (Å²) in [5.74, 6) is 2.21. The molecule has 0 bridgehead atoms. The van der Waals surface area contributed by atoms with Crippen LogP contribution >= 0.6 is 11.3 Å². The van der Waals surface area contributed by atoms with Gasteiger partial charge in [-0.1, -0.05) is 5.92 Å². The average molecular weight is 449 g/mol. The van der Waals surface area contributed by atoms with Crippen molar-refractivity contribution in [3.8, 4) is 12.3 Å². The number of carbonyl (C=O) groups excluding carboxylic acids is 3. The Kier molecular flexibility index (Phi) is 8.26. The Hall–Kier alpha value is -2.64. The molecule has 10 heteroatoms. The topological polar surface area (TPSA) is 92.3 Å². The summed E-state index contributed by atoms with van der Waals surface area (Å²) in [6, 6.07) is 0. The summed E-state index contributed by atoms with van der Waals surface area (Å²) in [6.07, 6.45) is 6.29. The quantitative estimate of drug-likeness (QED) is 0.480. The third-order valence-corrected chi connectivity index (χ3v) is 6.45. The van der Waals surface area contributed by atoms with Gasteiger partial charge in [-0.15, -0.1) is 17.8 Å². The average Bonchev–Trinajstić information content (AvgIpc) is 3.28. The molecule has 0 radical (unpaired) electrons. The maximum Gasteiger partial charge on any atom is 0.410 e. The zero-order valence-corrected chi connectivity index (χ0v) is 18.6. The Morgan fingerprint density at radius 3 is 2.48 bits per heavy atom. The minimum absolute atomic E-state index is 0.0200. The molecular weight excluding hydrogens is 420 g/mol. The lowest BCUT2D eigenvalue weighted by Gasteiger charge is -2.33. The van der Waals surface area contributed by atoms with Crippen molar-refractivity contribution >= 4 is 29.3 Å². The van der Waals surface area contributed by atoms with Crippen LogP contribution in [-0.2, 0) is 14.3 Å². The van der Waals surface area contributed by atoms with Crippen LogP contribution in [0.15, 0.2) is 5.38 Å². The van der Waals surface area contributed by atoms with E-state index < -0.39 is 0 Å². The fourth-order valence-corrected chi connectivity index (χ4v) is 4.70. The molecule has 0 spiro atoms. The number of likely N-dealkylation sites (tertiary alicyclic amines) is 1. The number of hydrogen-bond acceptors (Lipinski definition) is 8. The summed E-state index contributed by atoms with van der Waals surface area (Å²) in [6.45, 7) is 5.95. The van der Waals surface area contributed by atoms with Gasteiger partial charge in [-0.25, -0.2) is 9.78 Å². The first-order valence-electron chi connectivity index (χ1n) is 10.5. The molecule has 2 fully saturated rings. The van der Waals surface area contributed by atoms with Crippen molar-refractivity contribution in [2.75, 3.05) is 59.0 Å². The molecule has 0 saturated carbocycles. The second-order valence-corrected chi connectivity index (χ2v) is 8.35. The summed E-state index contributed by atoms with van der Waals surface area (Å²) >= 11 is 1.49. The second-order valence-electron chi connectivity index (χ2n) is 7.46. The number of thiazole rings is 1. The fourth-order valence-electron chi connectivity index (χ4n) is 3.74. The third kappa shape index (κ3) is 6.18. The molecular formula is C21H28N4O5S. The van der Waals surface area contributed by atoms with Crippen LogP contribution in [0.2, 0.25) is 0 Å². The van der Waals surface area contributed by atoms with Gasteiger partial charge in [0.2, 0.25) is 0 Å². The van der Waals surface area contributed by atoms with Gasteiger partial charge in [-0.3, -0.25) is 14.5 Å². The van der Waals surface area contributed by atoms with E-state index in [-0.39, 0.29) is 37.0 Å². The lowest BCUT2D eigenvalue weighted by molar-refractivity contribution is -0.144. The molecule has 31 heavy (non-hydrogen) atoms. The number of piperidine rings is 1. The van der Waals surface area contributed by atoms with Gasteiger partial charge >= 0.3 is 12.1 Å². The molecule has 1 aromatic rings. The summed E-state index contributed by atoms with van der Waals surface area (Å²) in [5, 5.41) is 2.75. The second kappa shape index (κ2) is 11.1. The van der Waals surface area contributed by atoms with Crippen molar-refractivity contribution in [3.63, 3.8) is 0 Å². The van der Waals surface area contributed by atoms with E-state index in [1.54, 1.807) is 16.7 Å². The Morgan fingerprint density at radius 1 is 1.13 bits per heavy atom. The maximum atomic E-state index is 12.8. The molecule has 2 aliphatic heterocycles. The number of amides is 2.